The van der Waals surface area contributed by atoms with Crippen molar-refractivity contribution in [2.24, 2.45) is 0 Å². The van der Waals surface area contributed by atoms with Crippen LogP contribution in [-0.4, -0.2) is 26.5 Å². The SMILES string of the molecule is [CH2]C(C)(C=O)NS(C)(=O)=O. The van der Waals surface area contributed by atoms with Gasteiger partial charge in [-0.15, -0.1) is 0 Å². The number of aldehydes is 1. The van der Waals surface area contributed by atoms with Gasteiger partial charge in [-0.25, -0.2) is 13.1 Å². The molecule has 0 bridgehead atoms. The number of hydrogen-bond acceptors (Lipinski definition) is 3. The predicted molar refractivity (Wildman–Crippen MR) is 37.8 cm³/mol. The van der Waals surface area contributed by atoms with Gasteiger partial charge in [0, 0.05) is 0 Å². The molecule has 0 spiro atoms. The lowest BCUT2D eigenvalue weighted by molar-refractivity contribution is -0.110. The van der Waals surface area contributed by atoms with E-state index in [2.05, 4.69) is 6.92 Å². The van der Waals surface area contributed by atoms with Gasteiger partial charge in [0.15, 0.2) is 0 Å². The molecule has 0 aliphatic heterocycles. The first-order chi connectivity index (χ1) is 4.27. The van der Waals surface area contributed by atoms with Crippen molar-refractivity contribution >= 4 is 16.3 Å². The summed E-state index contributed by atoms with van der Waals surface area (Å²) < 4.78 is 23.0. The van der Waals surface area contributed by atoms with Gasteiger partial charge >= 0.3 is 0 Å². The number of carbonyl (C=O) groups is 1. The fraction of sp³-hybridized carbons (Fsp3) is 0.600. The topological polar surface area (TPSA) is 63.2 Å². The highest BCUT2D eigenvalue weighted by Gasteiger charge is 2.20. The molecule has 0 heterocycles. The van der Waals surface area contributed by atoms with Gasteiger partial charge in [-0.1, -0.05) is 0 Å². The van der Waals surface area contributed by atoms with E-state index in [0.29, 0.717) is 6.29 Å². The first-order valence-electron chi connectivity index (χ1n) is 2.57. The van der Waals surface area contributed by atoms with Crippen LogP contribution in [-0.2, 0) is 14.8 Å². The van der Waals surface area contributed by atoms with Crippen LogP contribution < -0.4 is 4.72 Å². The summed E-state index contributed by atoms with van der Waals surface area (Å²) in [6.45, 7) is 4.69. The van der Waals surface area contributed by atoms with E-state index in [1.807, 2.05) is 4.72 Å². The molecule has 0 aliphatic rings. The maximum atomic E-state index is 10.5. The van der Waals surface area contributed by atoms with Crippen LogP contribution in [0.5, 0.6) is 0 Å². The predicted octanol–water partition coefficient (Wildman–Crippen LogP) is -0.673. The lowest BCUT2D eigenvalue weighted by Crippen LogP contribution is -2.44. The molecule has 0 amide bonds. The summed E-state index contributed by atoms with van der Waals surface area (Å²) in [6.07, 6.45) is 1.41. The smallest absolute Gasteiger partial charge is 0.209 e. The second kappa shape index (κ2) is 2.67. The molecule has 0 saturated carbocycles. The lowest BCUT2D eigenvalue weighted by atomic mass is 10.1. The molecule has 1 atom stereocenters. The van der Waals surface area contributed by atoms with Crippen molar-refractivity contribution in [3.8, 4) is 0 Å². The van der Waals surface area contributed by atoms with Crippen molar-refractivity contribution in [2.75, 3.05) is 6.26 Å². The van der Waals surface area contributed by atoms with Crippen LogP contribution in [0, 0.1) is 6.92 Å². The summed E-state index contributed by atoms with van der Waals surface area (Å²) in [4.78, 5) is 10.1. The number of nitrogens with one attached hydrogen (secondary N) is 1. The number of rotatable bonds is 3. The minimum atomic E-state index is -3.34. The van der Waals surface area contributed by atoms with Gasteiger partial charge in [-0.05, 0) is 13.8 Å². The molecule has 0 aromatic heterocycles. The number of hydrogen-bond donors (Lipinski definition) is 1. The van der Waals surface area contributed by atoms with Crippen molar-refractivity contribution in [3.63, 3.8) is 0 Å². The van der Waals surface area contributed by atoms with Crippen LogP contribution in [0.3, 0.4) is 0 Å². The molecule has 1 N–H and O–H groups in total. The van der Waals surface area contributed by atoms with E-state index in [1.54, 1.807) is 0 Å². The van der Waals surface area contributed by atoms with E-state index in [4.69, 9.17) is 0 Å². The fourth-order valence-electron chi connectivity index (χ4n) is 0.448. The van der Waals surface area contributed by atoms with Gasteiger partial charge in [0.1, 0.15) is 6.29 Å². The van der Waals surface area contributed by atoms with Gasteiger partial charge < -0.3 is 4.79 Å². The third kappa shape index (κ3) is 4.46. The average Bonchev–Trinajstić information content (AvgIpc) is 1.60. The summed E-state index contributed by atoms with van der Waals surface area (Å²) in [7, 11) is -3.34. The molecule has 5 heteroatoms. The minimum absolute atomic E-state index is 0.439. The highest BCUT2D eigenvalue weighted by atomic mass is 32.2. The van der Waals surface area contributed by atoms with E-state index < -0.39 is 15.6 Å². The number of carbonyl (C=O) groups excluding carboxylic acids is 1. The minimum Gasteiger partial charge on any atom is -0.301 e. The second-order valence-corrected chi connectivity index (χ2v) is 4.16. The first kappa shape index (κ1) is 9.58. The molecule has 0 saturated heterocycles. The maximum absolute atomic E-state index is 10.5. The zero-order chi connectivity index (χ0) is 8.41. The standard InChI is InChI=1S/C5H10NO3S/c1-5(2,4-7)6-10(3,8)9/h4,6H,1H2,2-3H3. The molecular weight excluding hydrogens is 154 g/mol. The average molecular weight is 164 g/mol. The van der Waals surface area contributed by atoms with E-state index >= 15 is 0 Å². The summed E-state index contributed by atoms with van der Waals surface area (Å²) in [5.41, 5.74) is -1.24. The molecule has 0 fully saturated rings. The molecule has 0 aromatic rings. The Balaban J connectivity index is 4.30. The molecule has 0 rings (SSSR count). The second-order valence-electron chi connectivity index (χ2n) is 2.41. The summed E-state index contributed by atoms with van der Waals surface area (Å²) in [5, 5.41) is 0. The molecule has 0 aliphatic carbocycles. The Morgan fingerprint density at radius 2 is 2.00 bits per heavy atom. The quantitative estimate of drug-likeness (QED) is 0.562. The van der Waals surface area contributed by atoms with Crippen molar-refractivity contribution < 1.29 is 13.2 Å². The normalized spacial score (nSPS) is 13.1. The maximum Gasteiger partial charge on any atom is 0.209 e. The summed E-state index contributed by atoms with van der Waals surface area (Å²) in [6, 6.07) is 0. The van der Waals surface area contributed by atoms with Crippen LogP contribution in [0.1, 0.15) is 6.92 Å². The van der Waals surface area contributed by atoms with E-state index in [1.165, 1.54) is 6.92 Å². The molecular formula is C5H10NO3S. The molecule has 1 unspecified atom stereocenters. The van der Waals surface area contributed by atoms with Crippen molar-refractivity contribution in [1.29, 1.82) is 0 Å². The third-order valence-corrected chi connectivity index (χ3v) is 1.52. The van der Waals surface area contributed by atoms with Crippen molar-refractivity contribution in [2.45, 2.75) is 12.5 Å². The van der Waals surface area contributed by atoms with Gasteiger partial charge in [0.25, 0.3) is 0 Å². The van der Waals surface area contributed by atoms with Crippen LogP contribution in [0.4, 0.5) is 0 Å². The Bertz CT molecular complexity index is 217. The summed E-state index contributed by atoms with van der Waals surface area (Å²) >= 11 is 0. The van der Waals surface area contributed by atoms with E-state index in [-0.39, 0.29) is 0 Å². The van der Waals surface area contributed by atoms with Crippen LogP contribution in [0.2, 0.25) is 0 Å². The van der Waals surface area contributed by atoms with Gasteiger partial charge in [-0.3, -0.25) is 0 Å². The van der Waals surface area contributed by atoms with E-state index in [0.717, 1.165) is 6.26 Å². The molecule has 10 heavy (non-hydrogen) atoms. The zero-order valence-electron chi connectivity index (χ0n) is 5.92. The van der Waals surface area contributed by atoms with Gasteiger partial charge in [-0.2, -0.15) is 0 Å². The lowest BCUT2D eigenvalue weighted by Gasteiger charge is -2.15. The largest absolute Gasteiger partial charge is 0.301 e. The Morgan fingerprint density at radius 1 is 1.60 bits per heavy atom. The summed E-state index contributed by atoms with van der Waals surface area (Å²) in [5.74, 6) is 0. The zero-order valence-corrected chi connectivity index (χ0v) is 6.73. The van der Waals surface area contributed by atoms with Gasteiger partial charge in [0.05, 0.1) is 11.8 Å². The van der Waals surface area contributed by atoms with Gasteiger partial charge in [0.2, 0.25) is 10.0 Å². The Kier molecular flexibility index (Phi) is 2.56. The van der Waals surface area contributed by atoms with Crippen molar-refractivity contribution in [1.82, 2.24) is 4.72 Å². The molecule has 4 nitrogen and oxygen atoms in total. The number of sulfonamides is 1. The van der Waals surface area contributed by atoms with Crippen LogP contribution in [0.15, 0.2) is 0 Å². The Hall–Kier alpha value is -0.420. The highest BCUT2D eigenvalue weighted by molar-refractivity contribution is 7.88. The van der Waals surface area contributed by atoms with Crippen molar-refractivity contribution in [3.05, 3.63) is 6.92 Å². The molecule has 0 aromatic carbocycles. The monoisotopic (exact) mass is 164 g/mol. The molecule has 59 valence electrons. The first-order valence-corrected chi connectivity index (χ1v) is 4.47. The Morgan fingerprint density at radius 3 is 2.10 bits per heavy atom. The van der Waals surface area contributed by atoms with Crippen LogP contribution in [0.25, 0.3) is 0 Å². The van der Waals surface area contributed by atoms with E-state index in [9.17, 15) is 13.2 Å². The fourth-order valence-corrected chi connectivity index (χ4v) is 1.34. The highest BCUT2D eigenvalue weighted by Crippen LogP contribution is 1.96. The van der Waals surface area contributed by atoms with Crippen LogP contribution >= 0.6 is 0 Å². The molecule has 1 radical (unpaired) electrons. The third-order valence-electron chi connectivity index (χ3n) is 0.679. The Labute approximate surface area is 60.7 Å².